The van der Waals surface area contributed by atoms with Gasteiger partial charge in [0.2, 0.25) is 0 Å². The zero-order valence-corrected chi connectivity index (χ0v) is 16.7. The molecule has 1 saturated heterocycles. The first kappa shape index (κ1) is 19.7. The van der Waals surface area contributed by atoms with Gasteiger partial charge >= 0.3 is 0 Å². The maximum Gasteiger partial charge on any atom is 0.275 e. The molecule has 25 heavy (non-hydrogen) atoms. The SMILES string of the molecule is CC(C)(C)NC(=O)C[NH+]1CCN(C(=O)COc2cccc(Br)c2)CC1. The molecule has 138 valence electrons. The monoisotopic (exact) mass is 412 g/mol. The van der Waals surface area contributed by atoms with E-state index in [0.717, 1.165) is 17.6 Å². The lowest BCUT2D eigenvalue weighted by atomic mass is 10.1. The molecule has 2 rings (SSSR count). The maximum atomic E-state index is 12.3. The molecule has 6 nitrogen and oxygen atoms in total. The van der Waals surface area contributed by atoms with Crippen molar-refractivity contribution in [3.05, 3.63) is 28.7 Å². The number of amides is 2. The van der Waals surface area contributed by atoms with Crippen molar-refractivity contribution in [2.75, 3.05) is 39.3 Å². The number of piperazine rings is 1. The smallest absolute Gasteiger partial charge is 0.275 e. The lowest BCUT2D eigenvalue weighted by Crippen LogP contribution is -3.16. The van der Waals surface area contributed by atoms with E-state index in [4.69, 9.17) is 4.74 Å². The molecule has 1 heterocycles. The number of quaternary nitrogens is 1. The van der Waals surface area contributed by atoms with Gasteiger partial charge in [-0.05, 0) is 39.0 Å². The maximum absolute atomic E-state index is 12.3. The van der Waals surface area contributed by atoms with Crippen molar-refractivity contribution in [3.8, 4) is 5.75 Å². The Labute approximate surface area is 157 Å². The van der Waals surface area contributed by atoms with E-state index in [1.165, 1.54) is 4.90 Å². The van der Waals surface area contributed by atoms with Crippen LogP contribution in [0.5, 0.6) is 5.75 Å². The molecule has 1 aromatic rings. The van der Waals surface area contributed by atoms with Crippen LogP contribution in [0.15, 0.2) is 28.7 Å². The number of halogens is 1. The van der Waals surface area contributed by atoms with E-state index in [1.54, 1.807) is 0 Å². The Balaban J connectivity index is 1.72. The van der Waals surface area contributed by atoms with Gasteiger partial charge in [-0.15, -0.1) is 0 Å². The quantitative estimate of drug-likeness (QED) is 0.738. The van der Waals surface area contributed by atoms with Gasteiger partial charge in [0.05, 0.1) is 26.2 Å². The number of rotatable bonds is 5. The molecule has 1 aliphatic rings. The Bertz CT molecular complexity index is 608. The molecule has 1 aromatic carbocycles. The second-order valence-electron chi connectivity index (χ2n) is 7.35. The third-order valence-corrected chi connectivity index (χ3v) is 4.40. The fraction of sp³-hybridized carbons (Fsp3) is 0.556. The minimum Gasteiger partial charge on any atom is -0.484 e. The summed E-state index contributed by atoms with van der Waals surface area (Å²) in [5.41, 5.74) is -0.210. The Kier molecular flexibility index (Phi) is 6.84. The second kappa shape index (κ2) is 8.67. The predicted octanol–water partition coefficient (Wildman–Crippen LogP) is 0.470. The average Bonchev–Trinajstić information content (AvgIpc) is 2.51. The third kappa shape index (κ3) is 7.04. The number of benzene rings is 1. The van der Waals surface area contributed by atoms with Crippen LogP contribution in [0.25, 0.3) is 0 Å². The number of carbonyl (C=O) groups is 2. The molecule has 1 fully saturated rings. The van der Waals surface area contributed by atoms with Crippen LogP contribution in [-0.2, 0) is 9.59 Å². The minimum atomic E-state index is -0.210. The summed E-state index contributed by atoms with van der Waals surface area (Å²) in [6.45, 7) is 9.27. The molecular weight excluding hydrogens is 386 g/mol. The van der Waals surface area contributed by atoms with Crippen molar-refractivity contribution in [2.24, 2.45) is 0 Å². The van der Waals surface area contributed by atoms with Crippen LogP contribution in [0.3, 0.4) is 0 Å². The van der Waals surface area contributed by atoms with Crippen molar-refractivity contribution >= 4 is 27.7 Å². The highest BCUT2D eigenvalue weighted by Gasteiger charge is 2.26. The molecule has 0 aliphatic carbocycles. The highest BCUT2D eigenvalue weighted by atomic mass is 79.9. The molecule has 0 unspecified atom stereocenters. The lowest BCUT2D eigenvalue weighted by molar-refractivity contribution is -0.896. The van der Waals surface area contributed by atoms with E-state index in [1.807, 2.05) is 49.9 Å². The zero-order chi connectivity index (χ0) is 18.4. The molecule has 0 atom stereocenters. The normalized spacial score (nSPS) is 15.8. The van der Waals surface area contributed by atoms with Gasteiger partial charge in [-0.1, -0.05) is 22.0 Å². The molecule has 0 radical (unpaired) electrons. The summed E-state index contributed by atoms with van der Waals surface area (Å²) >= 11 is 3.38. The summed E-state index contributed by atoms with van der Waals surface area (Å²) in [6, 6.07) is 7.44. The molecule has 2 N–H and O–H groups in total. The predicted molar refractivity (Wildman–Crippen MR) is 99.7 cm³/mol. The summed E-state index contributed by atoms with van der Waals surface area (Å²) in [6.07, 6.45) is 0. The van der Waals surface area contributed by atoms with Crippen LogP contribution in [0.2, 0.25) is 0 Å². The summed E-state index contributed by atoms with van der Waals surface area (Å²) in [5, 5.41) is 2.98. The standard InChI is InChI=1S/C18H26BrN3O3/c1-18(2,3)20-16(23)12-21-7-9-22(10-8-21)17(24)13-25-15-6-4-5-14(19)11-15/h4-6,11H,7-10,12-13H2,1-3H3,(H,20,23)/p+1. The van der Waals surface area contributed by atoms with E-state index < -0.39 is 0 Å². The van der Waals surface area contributed by atoms with Crippen molar-refractivity contribution in [3.63, 3.8) is 0 Å². The molecular formula is C18H27BrN3O3+. The lowest BCUT2D eigenvalue weighted by Gasteiger charge is -2.32. The van der Waals surface area contributed by atoms with Crippen molar-refractivity contribution in [1.29, 1.82) is 0 Å². The zero-order valence-electron chi connectivity index (χ0n) is 15.1. The van der Waals surface area contributed by atoms with Gasteiger partial charge in [0.1, 0.15) is 5.75 Å². The first-order valence-corrected chi connectivity index (χ1v) is 9.33. The number of hydrogen-bond donors (Lipinski definition) is 2. The van der Waals surface area contributed by atoms with E-state index >= 15 is 0 Å². The highest BCUT2D eigenvalue weighted by molar-refractivity contribution is 9.10. The van der Waals surface area contributed by atoms with Crippen molar-refractivity contribution < 1.29 is 19.2 Å². The fourth-order valence-electron chi connectivity index (χ4n) is 2.73. The first-order chi connectivity index (χ1) is 11.7. The molecule has 1 aliphatic heterocycles. The molecule has 0 aromatic heterocycles. The molecule has 0 saturated carbocycles. The summed E-state index contributed by atoms with van der Waals surface area (Å²) in [5.74, 6) is 0.712. The third-order valence-electron chi connectivity index (χ3n) is 3.91. The van der Waals surface area contributed by atoms with E-state index in [2.05, 4.69) is 21.2 Å². The first-order valence-electron chi connectivity index (χ1n) is 8.54. The van der Waals surface area contributed by atoms with Crippen molar-refractivity contribution in [1.82, 2.24) is 10.2 Å². The van der Waals surface area contributed by atoms with Gasteiger partial charge in [0.15, 0.2) is 13.2 Å². The van der Waals surface area contributed by atoms with Crippen LogP contribution in [0, 0.1) is 0 Å². The fourth-order valence-corrected chi connectivity index (χ4v) is 3.11. The Morgan fingerprint density at radius 1 is 1.28 bits per heavy atom. The summed E-state index contributed by atoms with van der Waals surface area (Å²) < 4.78 is 6.48. The molecule has 2 amide bonds. The highest BCUT2D eigenvalue weighted by Crippen LogP contribution is 2.17. The molecule has 0 spiro atoms. The number of nitrogens with one attached hydrogen (secondary N) is 2. The van der Waals surface area contributed by atoms with Gasteiger partial charge in [-0.2, -0.15) is 0 Å². The average molecular weight is 413 g/mol. The van der Waals surface area contributed by atoms with Gasteiger partial charge in [-0.25, -0.2) is 0 Å². The van der Waals surface area contributed by atoms with Gasteiger partial charge < -0.3 is 19.9 Å². The number of carbonyl (C=O) groups excluding carboxylic acids is 2. The second-order valence-corrected chi connectivity index (χ2v) is 8.27. The van der Waals surface area contributed by atoms with E-state index in [-0.39, 0.29) is 24.0 Å². The van der Waals surface area contributed by atoms with Crippen LogP contribution in [-0.4, -0.2) is 61.6 Å². The molecule has 7 heteroatoms. The summed E-state index contributed by atoms with van der Waals surface area (Å²) in [4.78, 5) is 27.3. The summed E-state index contributed by atoms with van der Waals surface area (Å²) in [7, 11) is 0. The number of hydrogen-bond acceptors (Lipinski definition) is 3. The van der Waals surface area contributed by atoms with Crippen LogP contribution < -0.4 is 15.0 Å². The van der Waals surface area contributed by atoms with Crippen LogP contribution in [0.1, 0.15) is 20.8 Å². The van der Waals surface area contributed by atoms with Gasteiger partial charge in [0.25, 0.3) is 11.8 Å². The van der Waals surface area contributed by atoms with Crippen LogP contribution in [0.4, 0.5) is 0 Å². The minimum absolute atomic E-state index is 0.0156. The van der Waals surface area contributed by atoms with Crippen LogP contribution >= 0.6 is 15.9 Å². The molecule has 0 bridgehead atoms. The van der Waals surface area contributed by atoms with Gasteiger partial charge in [-0.3, -0.25) is 9.59 Å². The Morgan fingerprint density at radius 2 is 1.96 bits per heavy atom. The van der Waals surface area contributed by atoms with E-state index in [9.17, 15) is 9.59 Å². The number of nitrogens with zero attached hydrogens (tertiary/aromatic N) is 1. The van der Waals surface area contributed by atoms with Crippen molar-refractivity contribution in [2.45, 2.75) is 26.3 Å². The largest absolute Gasteiger partial charge is 0.484 e. The van der Waals surface area contributed by atoms with Gasteiger partial charge in [0, 0.05) is 10.0 Å². The Morgan fingerprint density at radius 3 is 2.56 bits per heavy atom. The number of ether oxygens (including phenoxy) is 1. The Hall–Kier alpha value is -1.60. The topological polar surface area (TPSA) is 63.1 Å². The van der Waals surface area contributed by atoms with E-state index in [0.29, 0.717) is 25.4 Å².